The molecule has 0 aromatic heterocycles. The Labute approximate surface area is 222 Å². The molecule has 1 atom stereocenters. The Morgan fingerprint density at radius 2 is 1.76 bits per heavy atom. The van der Waals surface area contributed by atoms with E-state index < -0.39 is 5.91 Å². The first-order valence-electron chi connectivity index (χ1n) is 12.8. The van der Waals surface area contributed by atoms with Crippen LogP contribution in [-0.4, -0.2) is 18.4 Å². The summed E-state index contributed by atoms with van der Waals surface area (Å²) in [6.45, 7) is 3.53. The van der Waals surface area contributed by atoms with Gasteiger partial charge < -0.3 is 16.0 Å². The molecule has 1 heterocycles. The van der Waals surface area contributed by atoms with Gasteiger partial charge in [-0.15, -0.1) is 0 Å². The van der Waals surface area contributed by atoms with Gasteiger partial charge in [0, 0.05) is 29.9 Å². The fourth-order valence-corrected chi connectivity index (χ4v) is 5.08. The molecule has 0 bridgehead atoms. The number of nitrogens with one attached hydrogen (secondary N) is 1. The van der Waals surface area contributed by atoms with Crippen molar-refractivity contribution in [2.24, 2.45) is 5.73 Å². The van der Waals surface area contributed by atoms with Gasteiger partial charge in [0.1, 0.15) is 5.82 Å². The van der Waals surface area contributed by atoms with E-state index in [2.05, 4.69) is 22.3 Å². The predicted molar refractivity (Wildman–Crippen MR) is 148 cm³/mol. The Hall–Kier alpha value is -4.45. The normalized spacial score (nSPS) is 13.5. The number of halogens is 1. The summed E-state index contributed by atoms with van der Waals surface area (Å²) in [6.07, 6.45) is 1.91. The molecular formula is C32H30FN3O2. The molecule has 0 saturated carbocycles. The summed E-state index contributed by atoms with van der Waals surface area (Å²) in [4.78, 5) is 27.1. The van der Waals surface area contributed by atoms with Gasteiger partial charge in [0.2, 0.25) is 5.91 Å². The highest BCUT2D eigenvalue weighted by molar-refractivity contribution is 5.99. The maximum Gasteiger partial charge on any atom is 0.251 e. The van der Waals surface area contributed by atoms with Gasteiger partial charge in [0.05, 0.1) is 6.04 Å². The summed E-state index contributed by atoms with van der Waals surface area (Å²) in [7, 11) is 0. The average molecular weight is 508 g/mol. The number of rotatable bonds is 7. The van der Waals surface area contributed by atoms with Gasteiger partial charge in [-0.3, -0.25) is 9.59 Å². The first kappa shape index (κ1) is 25.2. The number of carbonyl (C=O) groups excluding carboxylic acids is 2. The zero-order chi connectivity index (χ0) is 26.6. The van der Waals surface area contributed by atoms with Crippen LogP contribution < -0.4 is 16.0 Å². The number of primary amides is 1. The van der Waals surface area contributed by atoms with Crippen molar-refractivity contribution in [2.75, 3.05) is 11.4 Å². The molecule has 0 fully saturated rings. The van der Waals surface area contributed by atoms with E-state index in [0.717, 1.165) is 59.4 Å². The molecule has 5 rings (SSSR count). The van der Waals surface area contributed by atoms with Crippen molar-refractivity contribution in [2.45, 2.75) is 32.4 Å². The highest BCUT2D eigenvalue weighted by Gasteiger charge is 2.20. The topological polar surface area (TPSA) is 75.4 Å². The predicted octanol–water partition coefficient (Wildman–Crippen LogP) is 6.04. The standard InChI is InChI=1S/C32H30FN3O2/c1-21(24-6-4-8-27(33)19-24)35-32(38)26-15-16-30-25(18-26)7-5-17-36(30)20-22-11-13-23(14-12-22)28-9-2-3-10-29(28)31(34)37/h2-4,6,8-16,18-19,21H,5,7,17,20H2,1H3,(H2,34,37)(H,35,38). The van der Waals surface area contributed by atoms with Gasteiger partial charge in [0.15, 0.2) is 0 Å². The first-order valence-corrected chi connectivity index (χ1v) is 12.8. The summed E-state index contributed by atoms with van der Waals surface area (Å²) in [5, 5.41) is 2.98. The van der Waals surface area contributed by atoms with Crippen molar-refractivity contribution in [3.63, 3.8) is 0 Å². The lowest BCUT2D eigenvalue weighted by atomic mass is 9.96. The molecule has 2 amide bonds. The summed E-state index contributed by atoms with van der Waals surface area (Å²) < 4.78 is 13.6. The number of amides is 2. The van der Waals surface area contributed by atoms with Gasteiger partial charge in [-0.1, -0.05) is 54.6 Å². The maximum absolute atomic E-state index is 13.6. The molecule has 0 radical (unpaired) electrons. The molecular weight excluding hydrogens is 477 g/mol. The molecule has 1 aliphatic heterocycles. The molecule has 3 N–H and O–H groups in total. The highest BCUT2D eigenvalue weighted by atomic mass is 19.1. The van der Waals surface area contributed by atoms with E-state index in [1.54, 1.807) is 12.1 Å². The van der Waals surface area contributed by atoms with Gasteiger partial charge in [0.25, 0.3) is 5.91 Å². The smallest absolute Gasteiger partial charge is 0.251 e. The quantitative estimate of drug-likeness (QED) is 0.320. The van der Waals surface area contributed by atoms with E-state index in [-0.39, 0.29) is 17.8 Å². The third-order valence-corrected chi connectivity index (χ3v) is 7.08. The van der Waals surface area contributed by atoms with Crippen LogP contribution in [0.1, 0.15) is 56.8 Å². The summed E-state index contributed by atoms with van der Waals surface area (Å²) in [5.41, 5.74) is 12.6. The second-order valence-electron chi connectivity index (χ2n) is 9.73. The van der Waals surface area contributed by atoms with E-state index in [0.29, 0.717) is 11.1 Å². The van der Waals surface area contributed by atoms with Crippen LogP contribution in [0, 0.1) is 5.82 Å². The van der Waals surface area contributed by atoms with E-state index in [4.69, 9.17) is 5.73 Å². The zero-order valence-corrected chi connectivity index (χ0v) is 21.3. The van der Waals surface area contributed by atoms with E-state index >= 15 is 0 Å². The Bertz CT molecular complexity index is 1480. The summed E-state index contributed by atoms with van der Waals surface area (Å²) >= 11 is 0. The molecule has 0 saturated heterocycles. The number of benzene rings is 4. The second-order valence-corrected chi connectivity index (χ2v) is 9.73. The van der Waals surface area contributed by atoms with Crippen molar-refractivity contribution in [3.05, 3.63) is 125 Å². The van der Waals surface area contributed by atoms with Crippen molar-refractivity contribution < 1.29 is 14.0 Å². The third-order valence-electron chi connectivity index (χ3n) is 7.08. The summed E-state index contributed by atoms with van der Waals surface area (Å²) in [5.74, 6) is -0.929. The van der Waals surface area contributed by atoms with Crippen LogP contribution in [0.3, 0.4) is 0 Å². The molecule has 4 aromatic carbocycles. The Balaban J connectivity index is 1.29. The molecule has 1 unspecified atom stereocenters. The largest absolute Gasteiger partial charge is 0.367 e. The number of nitrogens with zero attached hydrogens (tertiary/aromatic N) is 1. The van der Waals surface area contributed by atoms with Crippen LogP contribution in [0.4, 0.5) is 10.1 Å². The minimum Gasteiger partial charge on any atom is -0.367 e. The van der Waals surface area contributed by atoms with E-state index in [9.17, 15) is 14.0 Å². The van der Waals surface area contributed by atoms with Crippen molar-refractivity contribution >= 4 is 17.5 Å². The number of hydrogen-bond donors (Lipinski definition) is 2. The Morgan fingerprint density at radius 3 is 2.53 bits per heavy atom. The van der Waals surface area contributed by atoms with Crippen LogP contribution in [0.5, 0.6) is 0 Å². The average Bonchev–Trinajstić information content (AvgIpc) is 2.93. The molecule has 0 spiro atoms. The number of carbonyl (C=O) groups is 2. The SMILES string of the molecule is CC(NC(=O)c1ccc2c(c1)CCCN2Cc1ccc(-c2ccccc2C(N)=O)cc1)c1cccc(F)c1. The number of anilines is 1. The van der Waals surface area contributed by atoms with Crippen LogP contribution in [0.2, 0.25) is 0 Å². The molecule has 192 valence electrons. The molecule has 1 aliphatic rings. The molecule has 38 heavy (non-hydrogen) atoms. The number of nitrogens with two attached hydrogens (primary N) is 1. The minimum absolute atomic E-state index is 0.173. The first-order chi connectivity index (χ1) is 18.4. The third kappa shape index (κ3) is 5.44. The molecule has 6 heteroatoms. The molecule has 5 nitrogen and oxygen atoms in total. The van der Waals surface area contributed by atoms with E-state index in [1.807, 2.05) is 61.5 Å². The van der Waals surface area contributed by atoms with Crippen molar-refractivity contribution in [1.29, 1.82) is 0 Å². The van der Waals surface area contributed by atoms with Gasteiger partial charge in [-0.25, -0.2) is 4.39 Å². The summed E-state index contributed by atoms with van der Waals surface area (Å²) in [6, 6.07) is 27.4. The zero-order valence-electron chi connectivity index (χ0n) is 21.3. The maximum atomic E-state index is 13.6. The minimum atomic E-state index is -0.439. The van der Waals surface area contributed by atoms with Crippen molar-refractivity contribution in [1.82, 2.24) is 5.32 Å². The number of hydrogen-bond acceptors (Lipinski definition) is 3. The van der Waals surface area contributed by atoms with Gasteiger partial charge >= 0.3 is 0 Å². The fraction of sp³-hybridized carbons (Fsp3) is 0.188. The Kier molecular flexibility index (Phi) is 7.22. The van der Waals surface area contributed by atoms with Crippen LogP contribution in [0.25, 0.3) is 11.1 Å². The Morgan fingerprint density at radius 1 is 0.974 bits per heavy atom. The molecule has 4 aromatic rings. The number of fused-ring (bicyclic) bond motifs is 1. The lowest BCUT2D eigenvalue weighted by Crippen LogP contribution is -2.30. The fourth-order valence-electron chi connectivity index (χ4n) is 5.08. The number of aryl methyl sites for hydroxylation is 1. The van der Waals surface area contributed by atoms with Crippen molar-refractivity contribution in [3.8, 4) is 11.1 Å². The lowest BCUT2D eigenvalue weighted by Gasteiger charge is -2.32. The van der Waals surface area contributed by atoms with Gasteiger partial charge in [-0.05, 0) is 84.0 Å². The van der Waals surface area contributed by atoms with Crippen LogP contribution in [-0.2, 0) is 13.0 Å². The lowest BCUT2D eigenvalue weighted by molar-refractivity contribution is 0.0938. The van der Waals surface area contributed by atoms with Crippen LogP contribution in [0.15, 0.2) is 91.0 Å². The monoisotopic (exact) mass is 507 g/mol. The van der Waals surface area contributed by atoms with E-state index in [1.165, 1.54) is 12.1 Å². The molecule has 0 aliphatic carbocycles. The highest BCUT2D eigenvalue weighted by Crippen LogP contribution is 2.31. The van der Waals surface area contributed by atoms with Gasteiger partial charge in [-0.2, -0.15) is 0 Å². The van der Waals surface area contributed by atoms with Crippen LogP contribution >= 0.6 is 0 Å². The second kappa shape index (κ2) is 10.9.